The van der Waals surface area contributed by atoms with Gasteiger partial charge < -0.3 is 24.3 Å². The van der Waals surface area contributed by atoms with Gasteiger partial charge in [-0.05, 0) is 25.3 Å². The van der Waals surface area contributed by atoms with E-state index in [9.17, 15) is 14.4 Å². The van der Waals surface area contributed by atoms with Crippen molar-refractivity contribution in [2.45, 2.75) is 64.6 Å². The zero-order valence-electron chi connectivity index (χ0n) is 22.1. The van der Waals surface area contributed by atoms with Gasteiger partial charge in [0.05, 0.1) is 18.8 Å². The summed E-state index contributed by atoms with van der Waals surface area (Å²) in [6.07, 6.45) is 5.07. The Labute approximate surface area is 217 Å². The van der Waals surface area contributed by atoms with Gasteiger partial charge in [0.15, 0.2) is 0 Å². The van der Waals surface area contributed by atoms with E-state index in [2.05, 4.69) is 20.6 Å². The molecule has 6 atom stereocenters. The van der Waals surface area contributed by atoms with Crippen molar-refractivity contribution in [3.63, 3.8) is 0 Å². The Bertz CT molecular complexity index is 1140. The van der Waals surface area contributed by atoms with E-state index >= 15 is 0 Å². The van der Waals surface area contributed by atoms with Gasteiger partial charge in [0.25, 0.3) is 5.91 Å². The van der Waals surface area contributed by atoms with Gasteiger partial charge in [-0.3, -0.25) is 14.6 Å². The second kappa shape index (κ2) is 10.6. The molecule has 2 aliphatic heterocycles. The molecule has 2 aromatic rings. The number of benzene rings is 1. The predicted molar refractivity (Wildman–Crippen MR) is 138 cm³/mol. The molecular formula is C26H36BN5O5. The summed E-state index contributed by atoms with van der Waals surface area (Å²) < 4.78 is 12.6. The fourth-order valence-corrected chi connectivity index (χ4v) is 5.71. The topological polar surface area (TPSA) is 120 Å². The molecule has 37 heavy (non-hydrogen) atoms. The summed E-state index contributed by atoms with van der Waals surface area (Å²) in [5, 5.41) is 5.96. The first kappa shape index (κ1) is 26.7. The summed E-state index contributed by atoms with van der Waals surface area (Å²) in [6.45, 7) is 6.19. The lowest BCUT2D eigenvalue weighted by molar-refractivity contribution is -0.844. The first-order chi connectivity index (χ1) is 17.6. The fourth-order valence-electron chi connectivity index (χ4n) is 5.71. The lowest BCUT2D eigenvalue weighted by Gasteiger charge is -2.51. The smallest absolute Gasteiger partial charge is 0.549 e. The average Bonchev–Trinajstić information content (AvgIpc) is 3.25. The maximum atomic E-state index is 13.8. The molecule has 2 amide bonds. The van der Waals surface area contributed by atoms with E-state index in [0.29, 0.717) is 13.0 Å². The van der Waals surface area contributed by atoms with Gasteiger partial charge in [-0.2, -0.15) is 0 Å². The fraction of sp³-hybridized carbons (Fsp3) is 0.500. The van der Waals surface area contributed by atoms with Crippen LogP contribution in [0.1, 0.15) is 50.2 Å². The zero-order valence-corrected chi connectivity index (χ0v) is 22.1. The van der Waals surface area contributed by atoms with Crippen LogP contribution in [0.2, 0.25) is 0 Å². The second-order valence-corrected chi connectivity index (χ2v) is 10.8. The quantitative estimate of drug-likeness (QED) is 0.494. The molecule has 0 aliphatic carbocycles. The van der Waals surface area contributed by atoms with E-state index in [1.165, 1.54) is 18.6 Å². The van der Waals surface area contributed by atoms with E-state index in [4.69, 9.17) is 9.31 Å². The third-order valence-electron chi connectivity index (χ3n) is 8.02. The summed E-state index contributed by atoms with van der Waals surface area (Å²) in [4.78, 5) is 47.6. The Balaban J connectivity index is 1.64. The maximum Gasteiger partial charge on any atom is 0.549 e. The number of fused-ring (bicyclic) bond motifs is 1. The van der Waals surface area contributed by atoms with Gasteiger partial charge in [0.2, 0.25) is 5.91 Å². The van der Waals surface area contributed by atoms with Crippen molar-refractivity contribution < 1.29 is 28.1 Å². The first-order valence-electron chi connectivity index (χ1n) is 12.9. The van der Waals surface area contributed by atoms with Crippen molar-refractivity contribution in [2.24, 2.45) is 5.92 Å². The summed E-state index contributed by atoms with van der Waals surface area (Å²) >= 11 is 0. The Hall–Kier alpha value is -3.31. The second-order valence-electron chi connectivity index (χ2n) is 10.8. The van der Waals surface area contributed by atoms with E-state index in [-0.39, 0.29) is 40.3 Å². The van der Waals surface area contributed by atoms with Crippen LogP contribution in [0.25, 0.3) is 0 Å². The number of hydrogen-bond donors (Lipinski definition) is 2. The zero-order chi connectivity index (χ0) is 26.8. The number of carbonyl (C=O) groups is 3. The third kappa shape index (κ3) is 4.97. The molecule has 11 heteroatoms. The third-order valence-corrected chi connectivity index (χ3v) is 8.02. The molecule has 1 aromatic heterocycles. The normalized spacial score (nSPS) is 28.3. The van der Waals surface area contributed by atoms with Gasteiger partial charge >= 0.3 is 12.7 Å². The minimum atomic E-state index is -2.22. The maximum absolute atomic E-state index is 13.8. The van der Waals surface area contributed by atoms with Crippen LogP contribution in [0.15, 0.2) is 48.9 Å². The van der Waals surface area contributed by atoms with Crippen LogP contribution in [0.5, 0.6) is 0 Å². The Kier molecular flexibility index (Phi) is 7.65. The van der Waals surface area contributed by atoms with Crippen molar-refractivity contribution in [2.75, 3.05) is 13.7 Å². The number of hydrogen-bond acceptors (Lipinski definition) is 7. The molecule has 2 N–H and O–H groups in total. The first-order valence-corrected chi connectivity index (χ1v) is 12.9. The minimum Gasteiger partial charge on any atom is -0.609 e. The summed E-state index contributed by atoms with van der Waals surface area (Å²) in [5.41, 5.74) is 1.00. The number of aromatic nitrogens is 2. The molecule has 0 saturated carbocycles. The molecular weight excluding hydrogens is 473 g/mol. The van der Waals surface area contributed by atoms with Crippen LogP contribution in [0.3, 0.4) is 0 Å². The predicted octanol–water partition coefficient (Wildman–Crippen LogP) is 1.64. The number of carbonyl (C=O) groups excluding carboxylic acids is 3. The van der Waals surface area contributed by atoms with Crippen molar-refractivity contribution in [1.29, 1.82) is 0 Å². The summed E-state index contributed by atoms with van der Waals surface area (Å²) in [6, 6.07) is 8.17. The summed E-state index contributed by atoms with van der Waals surface area (Å²) in [7, 11) is 1.98. The standard InChI is InChI=1S/C26H36BN5O5/c1-17(2)13-23(27-32(5,18(3)16-36-27)19(4)26(35)37-27)31-24(33)21(14-20-9-7-6-8-10-20)30-25(34)22-15-28-11-12-29-22/h6-12,15,17-19,21,23H,13-14,16H2,1-5H3,(H,30,34)(H,31,33)/t18-,19-,21+,23+,27?,32?/m1/s1. The van der Waals surface area contributed by atoms with Crippen molar-refractivity contribution >= 4 is 24.5 Å². The highest BCUT2D eigenvalue weighted by Gasteiger charge is 2.70. The number of nitrogens with one attached hydrogen (secondary N) is 2. The highest BCUT2D eigenvalue weighted by molar-refractivity contribution is 6.65. The van der Waals surface area contributed by atoms with E-state index < -0.39 is 30.6 Å². The molecule has 2 aliphatic rings. The van der Waals surface area contributed by atoms with Gasteiger partial charge in [-0.25, -0.2) is 9.78 Å². The highest BCUT2D eigenvalue weighted by Crippen LogP contribution is 2.44. The van der Waals surface area contributed by atoms with Gasteiger partial charge in [0, 0.05) is 31.8 Å². The number of amides is 2. The summed E-state index contributed by atoms with van der Waals surface area (Å²) in [5.74, 6) is -1.59. The van der Waals surface area contributed by atoms with Crippen LogP contribution in [-0.2, 0) is 25.3 Å². The van der Waals surface area contributed by atoms with Crippen LogP contribution in [0.4, 0.5) is 0 Å². The molecule has 0 radical (unpaired) electrons. The van der Waals surface area contributed by atoms with Crippen molar-refractivity contribution in [1.82, 2.24) is 20.6 Å². The van der Waals surface area contributed by atoms with Crippen molar-refractivity contribution in [3.8, 4) is 0 Å². The van der Waals surface area contributed by atoms with Crippen molar-refractivity contribution in [3.05, 3.63) is 60.2 Å². The van der Waals surface area contributed by atoms with Crippen LogP contribution in [0, 0.1) is 5.92 Å². The molecule has 1 aromatic carbocycles. The molecule has 10 nitrogen and oxygen atoms in total. The van der Waals surface area contributed by atoms with Crippen LogP contribution < -0.4 is 10.6 Å². The molecule has 0 spiro atoms. The number of likely N-dealkylation sites (N-methyl/N-ethyl adjacent to an activating group) is 1. The number of quaternary nitrogens is 1. The molecule has 0 bridgehead atoms. The average molecular weight is 509 g/mol. The van der Waals surface area contributed by atoms with Gasteiger partial charge in [-0.15, -0.1) is 0 Å². The minimum absolute atomic E-state index is 0.0180. The molecule has 3 heterocycles. The van der Waals surface area contributed by atoms with Crippen LogP contribution >= 0.6 is 0 Å². The lowest BCUT2D eigenvalue weighted by Crippen LogP contribution is -2.74. The number of rotatable bonds is 9. The van der Waals surface area contributed by atoms with Gasteiger partial charge in [-0.1, -0.05) is 50.6 Å². The van der Waals surface area contributed by atoms with E-state index in [1.54, 1.807) is 0 Å². The monoisotopic (exact) mass is 509 g/mol. The van der Waals surface area contributed by atoms with E-state index in [0.717, 1.165) is 5.56 Å². The lowest BCUT2D eigenvalue weighted by atomic mass is 9.57. The highest BCUT2D eigenvalue weighted by atomic mass is 16.7. The molecule has 198 valence electrons. The Morgan fingerprint density at radius 2 is 1.89 bits per heavy atom. The van der Waals surface area contributed by atoms with Gasteiger partial charge in [0.1, 0.15) is 17.8 Å². The molecule has 4 rings (SSSR count). The molecule has 2 unspecified atom stereocenters. The van der Waals surface area contributed by atoms with Crippen LogP contribution in [-0.4, -0.2) is 76.6 Å². The molecule has 2 fully saturated rings. The van der Waals surface area contributed by atoms with E-state index in [1.807, 2.05) is 65.1 Å². The SMILES string of the molecule is CC(C)C[C@H](NC(=O)[C@H](Cc1ccccc1)NC(=O)c1cnccn1)[B-]12OC[C@@H](C)[N+]1(C)[C@H](C)C(=O)O2. The Morgan fingerprint density at radius 1 is 1.16 bits per heavy atom. The number of nitrogens with zero attached hydrogens (tertiary/aromatic N) is 3. The Morgan fingerprint density at radius 3 is 2.54 bits per heavy atom. The largest absolute Gasteiger partial charge is 0.609 e. The molecule has 2 saturated heterocycles.